The highest BCUT2D eigenvalue weighted by atomic mass is 35.5. The van der Waals surface area contributed by atoms with Crippen molar-refractivity contribution in [3.63, 3.8) is 0 Å². The Kier molecular flexibility index (Phi) is 5.81. The molecule has 0 fully saturated rings. The zero-order chi connectivity index (χ0) is 19.4. The average molecular weight is 424 g/mol. The molecule has 2 aromatic carbocycles. The molecule has 1 aromatic heterocycles. The van der Waals surface area contributed by atoms with Crippen LogP contribution in [0.5, 0.6) is 0 Å². The van der Waals surface area contributed by atoms with Crippen molar-refractivity contribution in [1.82, 2.24) is 9.97 Å². The van der Waals surface area contributed by atoms with Crippen molar-refractivity contribution in [2.24, 2.45) is 5.14 Å². The highest BCUT2D eigenvalue weighted by Crippen LogP contribution is 2.22. The highest BCUT2D eigenvalue weighted by Gasteiger charge is 2.11. The van der Waals surface area contributed by atoms with Crippen molar-refractivity contribution in [1.29, 1.82) is 0 Å². The van der Waals surface area contributed by atoms with Crippen LogP contribution in [0.3, 0.4) is 0 Å². The molecule has 0 bridgehead atoms. The molecule has 0 saturated heterocycles. The van der Waals surface area contributed by atoms with Crippen LogP contribution < -0.4 is 15.8 Å². The minimum absolute atomic E-state index is 0.00326. The lowest BCUT2D eigenvalue weighted by atomic mass is 10.2. The molecule has 3 rings (SSSR count). The number of nitrogens with one attached hydrogen (secondary N) is 2. The largest absolute Gasteiger partial charge is 0.366 e. The summed E-state index contributed by atoms with van der Waals surface area (Å²) >= 11 is 12.0. The normalized spacial score (nSPS) is 11.2. The number of rotatable bonds is 6. The van der Waals surface area contributed by atoms with Gasteiger partial charge in [-0.05, 0) is 48.0 Å². The molecule has 0 aliphatic heterocycles. The second-order valence-corrected chi connectivity index (χ2v) is 7.98. The van der Waals surface area contributed by atoms with Gasteiger partial charge in [-0.15, -0.1) is 0 Å². The van der Waals surface area contributed by atoms with Crippen molar-refractivity contribution < 1.29 is 8.42 Å². The van der Waals surface area contributed by atoms with Crippen molar-refractivity contribution in [2.75, 3.05) is 10.6 Å². The second-order valence-electron chi connectivity index (χ2n) is 5.57. The zero-order valence-corrected chi connectivity index (χ0v) is 16.2. The SMILES string of the molecule is NS(=O)(=O)c1ccc(Cl)c(CNc2cc(Nc3ccc(Cl)cc3)ncn2)c1. The Balaban J connectivity index is 1.73. The molecule has 0 aliphatic rings. The van der Waals surface area contributed by atoms with Crippen LogP contribution in [0.2, 0.25) is 10.0 Å². The lowest BCUT2D eigenvalue weighted by Gasteiger charge is -2.10. The van der Waals surface area contributed by atoms with E-state index >= 15 is 0 Å². The highest BCUT2D eigenvalue weighted by molar-refractivity contribution is 7.89. The molecule has 0 saturated carbocycles. The third-order valence-corrected chi connectivity index (χ3v) is 5.12. The van der Waals surface area contributed by atoms with Crippen LogP contribution in [-0.4, -0.2) is 18.4 Å². The molecular formula is C17H15Cl2N5O2S. The van der Waals surface area contributed by atoms with Gasteiger partial charge in [0, 0.05) is 28.3 Å². The Morgan fingerprint density at radius 3 is 2.37 bits per heavy atom. The van der Waals surface area contributed by atoms with Crippen LogP contribution in [-0.2, 0) is 16.6 Å². The molecule has 4 N–H and O–H groups in total. The number of aromatic nitrogens is 2. The van der Waals surface area contributed by atoms with Gasteiger partial charge in [-0.25, -0.2) is 23.5 Å². The Bertz CT molecular complexity index is 1060. The standard InChI is InChI=1S/C17H15Cl2N5O2S/c18-12-1-3-13(4-2-12)24-17-8-16(22-10-23-17)21-9-11-7-14(27(20,25)26)5-6-15(11)19/h1-8,10H,9H2,(H2,20,25,26)(H2,21,22,23,24). The number of hydrogen-bond donors (Lipinski definition) is 3. The molecule has 0 radical (unpaired) electrons. The van der Waals surface area contributed by atoms with E-state index in [1.165, 1.54) is 24.5 Å². The van der Waals surface area contributed by atoms with Crippen molar-refractivity contribution in [3.8, 4) is 0 Å². The quantitative estimate of drug-likeness (QED) is 0.556. The van der Waals surface area contributed by atoms with E-state index in [0.29, 0.717) is 27.2 Å². The van der Waals surface area contributed by atoms with E-state index in [0.717, 1.165) is 5.69 Å². The summed E-state index contributed by atoms with van der Waals surface area (Å²) in [5.41, 5.74) is 1.40. The average Bonchev–Trinajstić information content (AvgIpc) is 2.62. The van der Waals surface area contributed by atoms with Crippen LogP contribution in [0.4, 0.5) is 17.3 Å². The summed E-state index contributed by atoms with van der Waals surface area (Å²) < 4.78 is 23.0. The maximum Gasteiger partial charge on any atom is 0.238 e. The molecule has 140 valence electrons. The van der Waals surface area contributed by atoms with Crippen molar-refractivity contribution in [2.45, 2.75) is 11.4 Å². The van der Waals surface area contributed by atoms with Crippen LogP contribution >= 0.6 is 23.2 Å². The van der Waals surface area contributed by atoms with Gasteiger partial charge in [0.15, 0.2) is 0 Å². The van der Waals surface area contributed by atoms with Crippen LogP contribution in [0.15, 0.2) is 59.8 Å². The Labute approximate surface area is 166 Å². The summed E-state index contributed by atoms with van der Waals surface area (Å²) in [6.07, 6.45) is 1.41. The first-order chi connectivity index (χ1) is 12.8. The Morgan fingerprint density at radius 2 is 1.67 bits per heavy atom. The van der Waals surface area contributed by atoms with Gasteiger partial charge in [-0.3, -0.25) is 0 Å². The fourth-order valence-corrected chi connectivity index (χ4v) is 3.13. The predicted molar refractivity (Wildman–Crippen MR) is 107 cm³/mol. The number of nitrogens with zero attached hydrogens (tertiary/aromatic N) is 2. The molecule has 0 atom stereocenters. The summed E-state index contributed by atoms with van der Waals surface area (Å²) in [5.74, 6) is 1.12. The molecule has 0 amide bonds. The summed E-state index contributed by atoms with van der Waals surface area (Å²) in [5, 5.41) is 12.4. The van der Waals surface area contributed by atoms with Crippen LogP contribution in [0, 0.1) is 0 Å². The molecule has 3 aromatic rings. The predicted octanol–water partition coefficient (Wildman–Crippen LogP) is 3.79. The third-order valence-electron chi connectivity index (χ3n) is 3.59. The molecule has 27 heavy (non-hydrogen) atoms. The summed E-state index contributed by atoms with van der Waals surface area (Å²) in [6, 6.07) is 13.2. The third kappa shape index (κ3) is 5.30. The molecule has 0 aliphatic carbocycles. The summed E-state index contributed by atoms with van der Waals surface area (Å²) in [4.78, 5) is 8.30. The Morgan fingerprint density at radius 1 is 0.963 bits per heavy atom. The molecule has 10 heteroatoms. The lowest BCUT2D eigenvalue weighted by molar-refractivity contribution is 0.597. The molecular weight excluding hydrogens is 409 g/mol. The number of hydrogen-bond acceptors (Lipinski definition) is 6. The van der Waals surface area contributed by atoms with Gasteiger partial charge in [0.2, 0.25) is 10.0 Å². The maximum absolute atomic E-state index is 11.5. The van der Waals surface area contributed by atoms with Gasteiger partial charge < -0.3 is 10.6 Å². The van der Waals surface area contributed by atoms with Gasteiger partial charge in [-0.1, -0.05) is 23.2 Å². The van der Waals surface area contributed by atoms with Crippen molar-refractivity contribution >= 4 is 50.5 Å². The molecule has 0 spiro atoms. The molecule has 7 nitrogen and oxygen atoms in total. The monoisotopic (exact) mass is 423 g/mol. The number of sulfonamides is 1. The summed E-state index contributed by atoms with van der Waals surface area (Å²) in [6.45, 7) is 0.263. The number of primary sulfonamides is 1. The van der Waals surface area contributed by atoms with E-state index in [1.54, 1.807) is 18.2 Å². The van der Waals surface area contributed by atoms with E-state index in [9.17, 15) is 8.42 Å². The van der Waals surface area contributed by atoms with Gasteiger partial charge in [0.1, 0.15) is 18.0 Å². The van der Waals surface area contributed by atoms with E-state index in [-0.39, 0.29) is 11.4 Å². The number of nitrogens with two attached hydrogens (primary N) is 1. The topological polar surface area (TPSA) is 110 Å². The van der Waals surface area contributed by atoms with E-state index in [4.69, 9.17) is 28.3 Å². The van der Waals surface area contributed by atoms with Crippen LogP contribution in [0.1, 0.15) is 5.56 Å². The fraction of sp³-hybridized carbons (Fsp3) is 0.0588. The van der Waals surface area contributed by atoms with Crippen molar-refractivity contribution in [3.05, 3.63) is 70.5 Å². The number of anilines is 3. The van der Waals surface area contributed by atoms with E-state index in [2.05, 4.69) is 20.6 Å². The first-order valence-electron chi connectivity index (χ1n) is 7.71. The van der Waals surface area contributed by atoms with Gasteiger partial charge in [0.05, 0.1) is 4.90 Å². The summed E-state index contributed by atoms with van der Waals surface area (Å²) in [7, 11) is -3.80. The smallest absolute Gasteiger partial charge is 0.238 e. The van der Waals surface area contributed by atoms with E-state index in [1.807, 2.05) is 12.1 Å². The molecule has 0 unspecified atom stereocenters. The van der Waals surface area contributed by atoms with Gasteiger partial charge in [-0.2, -0.15) is 0 Å². The maximum atomic E-state index is 11.5. The first kappa shape index (κ1) is 19.4. The zero-order valence-electron chi connectivity index (χ0n) is 13.9. The number of halogens is 2. The molecule has 1 heterocycles. The minimum atomic E-state index is -3.80. The lowest BCUT2D eigenvalue weighted by Crippen LogP contribution is -2.13. The van der Waals surface area contributed by atoms with Gasteiger partial charge >= 0.3 is 0 Å². The van der Waals surface area contributed by atoms with E-state index < -0.39 is 10.0 Å². The second kappa shape index (κ2) is 8.10. The minimum Gasteiger partial charge on any atom is -0.366 e. The van der Waals surface area contributed by atoms with Crippen LogP contribution in [0.25, 0.3) is 0 Å². The fourth-order valence-electron chi connectivity index (χ4n) is 2.25. The van der Waals surface area contributed by atoms with Gasteiger partial charge in [0.25, 0.3) is 0 Å². The number of benzene rings is 2. The Hall–Kier alpha value is -2.39. The first-order valence-corrected chi connectivity index (χ1v) is 10.0.